The normalized spacial score (nSPS) is 12.1. The molecule has 0 saturated heterocycles. The van der Waals surface area contributed by atoms with Gasteiger partial charge in [0.1, 0.15) is 12.9 Å². The van der Waals surface area contributed by atoms with Crippen molar-refractivity contribution in [2.24, 2.45) is 5.73 Å². The summed E-state index contributed by atoms with van der Waals surface area (Å²) in [7, 11) is 0. The fourth-order valence-corrected chi connectivity index (χ4v) is 3.37. The van der Waals surface area contributed by atoms with Gasteiger partial charge in [-0.15, -0.1) is 6.42 Å². The third-order valence-corrected chi connectivity index (χ3v) is 5.19. The Morgan fingerprint density at radius 1 is 0.889 bits per heavy atom. The third kappa shape index (κ3) is 18.3. The molecule has 0 aromatic heterocycles. The number of carbonyl (C=O) groups excluding carboxylic acids is 5. The predicted octanol–water partition coefficient (Wildman–Crippen LogP) is -1.07. The summed E-state index contributed by atoms with van der Waals surface area (Å²) in [6.07, 6.45) is 6.95. The molecule has 0 spiro atoms. The minimum atomic E-state index is -0.983. The lowest BCUT2D eigenvalue weighted by Crippen LogP contribution is -2.50. The van der Waals surface area contributed by atoms with Crippen molar-refractivity contribution in [2.45, 2.75) is 63.3 Å². The molecule has 0 radical (unpaired) electrons. The smallest absolute Gasteiger partial charge is 0.220 e. The number of hydrogen-bond acceptors (Lipinski definition) is 8. The van der Waals surface area contributed by atoms with Gasteiger partial charge in [0.25, 0.3) is 0 Å². The predicted molar refractivity (Wildman–Crippen MR) is 131 cm³/mol. The van der Waals surface area contributed by atoms with Gasteiger partial charge in [0.15, 0.2) is 0 Å². The second-order valence-corrected chi connectivity index (χ2v) is 8.15. The number of carbonyl (C=O) groups is 5. The largest absolute Gasteiger partial charge is 0.395 e. The number of rotatable bonds is 23. The average Bonchev–Trinajstić information content (AvgIpc) is 2.84. The molecule has 0 fully saturated rings. The molecule has 12 heteroatoms. The average molecular weight is 513 g/mol. The lowest BCUT2D eigenvalue weighted by Gasteiger charge is -2.35. The first-order chi connectivity index (χ1) is 17.3. The van der Waals surface area contributed by atoms with Gasteiger partial charge < -0.3 is 41.1 Å². The maximum Gasteiger partial charge on any atom is 0.220 e. The first kappa shape index (κ1) is 33.0. The molecule has 6 N–H and O–H groups in total. The first-order valence-electron chi connectivity index (χ1n) is 12.0. The van der Waals surface area contributed by atoms with E-state index in [-0.39, 0.29) is 108 Å². The van der Waals surface area contributed by atoms with Gasteiger partial charge in [-0.2, -0.15) is 0 Å². The number of ether oxygens (including phenoxy) is 2. The van der Waals surface area contributed by atoms with Crippen molar-refractivity contribution in [1.29, 1.82) is 0 Å². The summed E-state index contributed by atoms with van der Waals surface area (Å²) in [5.74, 6) is 0.866. The molecule has 0 aliphatic rings. The van der Waals surface area contributed by atoms with Crippen molar-refractivity contribution in [1.82, 2.24) is 16.0 Å². The van der Waals surface area contributed by atoms with E-state index in [1.165, 1.54) is 0 Å². The van der Waals surface area contributed by atoms with E-state index in [0.717, 1.165) is 0 Å². The van der Waals surface area contributed by atoms with Crippen LogP contribution in [0.3, 0.4) is 0 Å². The van der Waals surface area contributed by atoms with Crippen LogP contribution in [-0.2, 0) is 33.4 Å². The summed E-state index contributed by atoms with van der Waals surface area (Å²) >= 11 is 0. The molecule has 1 atom stereocenters. The van der Waals surface area contributed by atoms with E-state index in [9.17, 15) is 24.0 Å². The van der Waals surface area contributed by atoms with Crippen LogP contribution in [0.5, 0.6) is 0 Å². The van der Waals surface area contributed by atoms with Gasteiger partial charge in [-0.1, -0.05) is 5.92 Å². The highest BCUT2D eigenvalue weighted by Crippen LogP contribution is 2.26. The van der Waals surface area contributed by atoms with Gasteiger partial charge >= 0.3 is 0 Å². The molecule has 1 unspecified atom stereocenters. The molecule has 0 aromatic carbocycles. The SMILES string of the molecule is C#CCOCCOCCNC(=O)CCC(CCC=O)(CCC(=O)NCCO)NC(=O)CCCC(N)=O. The van der Waals surface area contributed by atoms with Gasteiger partial charge in [-0.3, -0.25) is 19.2 Å². The Balaban J connectivity index is 4.98. The van der Waals surface area contributed by atoms with Crippen molar-refractivity contribution < 1.29 is 38.6 Å². The maximum atomic E-state index is 12.6. The Kier molecular flexibility index (Phi) is 19.5. The van der Waals surface area contributed by atoms with Gasteiger partial charge in [0, 0.05) is 50.7 Å². The zero-order chi connectivity index (χ0) is 27.1. The number of primary amides is 1. The van der Waals surface area contributed by atoms with E-state index in [0.29, 0.717) is 19.5 Å². The van der Waals surface area contributed by atoms with Crippen LogP contribution in [0, 0.1) is 12.3 Å². The number of aliphatic hydroxyl groups is 1. The summed E-state index contributed by atoms with van der Waals surface area (Å²) in [6.45, 7) is 1.34. The molecule has 0 saturated carbocycles. The number of amides is 4. The standard InChI is InChI=1S/C24H40N4O8/c1-2-16-35-18-19-36-17-13-27-22(33)8-11-24(9-4-14-29,10-7-21(32)26-12-15-30)28-23(34)6-3-5-20(25)31/h1,14,30H,3-13,15-19H2,(H2,25,31)(H,26,32)(H,27,33)(H,28,34). The Labute approximate surface area is 212 Å². The van der Waals surface area contributed by atoms with E-state index in [1.807, 2.05) is 0 Å². The Bertz CT molecular complexity index is 725. The van der Waals surface area contributed by atoms with E-state index >= 15 is 0 Å². The van der Waals surface area contributed by atoms with Crippen molar-refractivity contribution >= 4 is 29.9 Å². The highest BCUT2D eigenvalue weighted by molar-refractivity contribution is 5.80. The molecule has 0 heterocycles. The molecule has 0 aliphatic carbocycles. The summed E-state index contributed by atoms with van der Waals surface area (Å²) in [4.78, 5) is 59.1. The zero-order valence-electron chi connectivity index (χ0n) is 20.9. The number of aldehydes is 1. The highest BCUT2D eigenvalue weighted by atomic mass is 16.5. The van der Waals surface area contributed by atoms with Crippen molar-refractivity contribution in [3.63, 3.8) is 0 Å². The Morgan fingerprint density at radius 2 is 1.53 bits per heavy atom. The van der Waals surface area contributed by atoms with Crippen LogP contribution in [-0.4, -0.2) is 86.7 Å². The molecule has 0 rings (SSSR count). The highest BCUT2D eigenvalue weighted by Gasteiger charge is 2.32. The lowest BCUT2D eigenvalue weighted by atomic mass is 9.83. The van der Waals surface area contributed by atoms with Crippen molar-refractivity contribution in [3.8, 4) is 12.3 Å². The number of nitrogens with one attached hydrogen (secondary N) is 3. The van der Waals surface area contributed by atoms with Crippen LogP contribution in [0.25, 0.3) is 0 Å². The molecule has 36 heavy (non-hydrogen) atoms. The quantitative estimate of drug-likeness (QED) is 0.0650. The Hall–Kier alpha value is -3.01. The van der Waals surface area contributed by atoms with E-state index in [1.54, 1.807) is 0 Å². The van der Waals surface area contributed by atoms with Crippen LogP contribution in [0.15, 0.2) is 0 Å². The Morgan fingerprint density at radius 3 is 2.11 bits per heavy atom. The summed E-state index contributed by atoms with van der Waals surface area (Å²) in [5, 5.41) is 17.1. The van der Waals surface area contributed by atoms with E-state index < -0.39 is 11.4 Å². The molecule has 4 amide bonds. The minimum absolute atomic E-state index is 0.0254. The third-order valence-electron chi connectivity index (χ3n) is 5.19. The van der Waals surface area contributed by atoms with E-state index in [4.69, 9.17) is 26.7 Å². The molecule has 0 aromatic rings. The summed E-state index contributed by atoms with van der Waals surface area (Å²) < 4.78 is 10.4. The van der Waals surface area contributed by atoms with E-state index in [2.05, 4.69) is 21.9 Å². The van der Waals surface area contributed by atoms with Gasteiger partial charge in [0.05, 0.1) is 26.4 Å². The molecular weight excluding hydrogens is 472 g/mol. The molecular formula is C24H40N4O8. The maximum absolute atomic E-state index is 12.6. The minimum Gasteiger partial charge on any atom is -0.395 e. The number of terminal acetylenes is 1. The summed E-state index contributed by atoms with van der Waals surface area (Å²) in [5.41, 5.74) is 4.14. The molecule has 12 nitrogen and oxygen atoms in total. The van der Waals surface area contributed by atoms with Crippen LogP contribution in [0.4, 0.5) is 0 Å². The molecule has 204 valence electrons. The van der Waals surface area contributed by atoms with Gasteiger partial charge in [0.2, 0.25) is 23.6 Å². The number of aliphatic hydroxyl groups excluding tert-OH is 1. The molecule has 0 aliphatic heterocycles. The summed E-state index contributed by atoms with van der Waals surface area (Å²) in [6, 6.07) is 0. The van der Waals surface area contributed by atoms with Crippen LogP contribution < -0.4 is 21.7 Å². The number of hydrogen-bond donors (Lipinski definition) is 5. The topological polar surface area (TPSA) is 186 Å². The monoisotopic (exact) mass is 512 g/mol. The number of nitrogens with two attached hydrogens (primary N) is 1. The van der Waals surface area contributed by atoms with Crippen LogP contribution in [0.2, 0.25) is 0 Å². The van der Waals surface area contributed by atoms with Crippen molar-refractivity contribution in [3.05, 3.63) is 0 Å². The lowest BCUT2D eigenvalue weighted by molar-refractivity contribution is -0.127. The van der Waals surface area contributed by atoms with Crippen molar-refractivity contribution in [2.75, 3.05) is 46.1 Å². The second-order valence-electron chi connectivity index (χ2n) is 8.15. The van der Waals surface area contributed by atoms with Gasteiger partial charge in [-0.05, 0) is 25.7 Å². The molecule has 0 bridgehead atoms. The first-order valence-corrected chi connectivity index (χ1v) is 12.0. The fourth-order valence-electron chi connectivity index (χ4n) is 3.37. The van der Waals surface area contributed by atoms with Gasteiger partial charge in [-0.25, -0.2) is 0 Å². The van der Waals surface area contributed by atoms with Crippen LogP contribution >= 0.6 is 0 Å². The van der Waals surface area contributed by atoms with Crippen LogP contribution in [0.1, 0.15) is 57.8 Å². The fraction of sp³-hybridized carbons (Fsp3) is 0.708. The second kappa shape index (κ2) is 21.3. The zero-order valence-corrected chi connectivity index (χ0v) is 20.9.